The van der Waals surface area contributed by atoms with Gasteiger partial charge < -0.3 is 5.32 Å². The number of benzene rings is 2. The summed E-state index contributed by atoms with van der Waals surface area (Å²) >= 11 is 0. The van der Waals surface area contributed by atoms with Gasteiger partial charge >= 0.3 is 6.18 Å². The van der Waals surface area contributed by atoms with Crippen molar-refractivity contribution in [2.45, 2.75) is 6.18 Å². The summed E-state index contributed by atoms with van der Waals surface area (Å²) in [6.07, 6.45) is -4.67. The Labute approximate surface area is 128 Å². The minimum absolute atomic E-state index is 0.480. The Morgan fingerprint density at radius 2 is 1.17 bits per heavy atom. The lowest BCUT2D eigenvalue weighted by molar-refractivity contribution is -0.137. The number of alkyl halides is 3. The third-order valence-electron chi connectivity index (χ3n) is 2.92. The van der Waals surface area contributed by atoms with Crippen LogP contribution >= 0.6 is 0 Å². The standard InChI is InChI=1S/C14H5F8NO/c15-7-8(16)10(18)12(11(19)9(7)17)23-13(24)5-1-3-6(4-2-5)14(20,21)22/h1-4H,(H,23,24). The Morgan fingerprint density at radius 1 is 0.750 bits per heavy atom. The number of carbonyl (C=O) groups excluding carboxylic acids is 1. The maximum absolute atomic E-state index is 13.4. The molecule has 2 aromatic carbocycles. The predicted molar refractivity (Wildman–Crippen MR) is 65.6 cm³/mol. The van der Waals surface area contributed by atoms with Gasteiger partial charge in [-0.1, -0.05) is 0 Å². The number of hydrogen-bond acceptors (Lipinski definition) is 1. The van der Waals surface area contributed by atoms with E-state index in [2.05, 4.69) is 0 Å². The van der Waals surface area contributed by atoms with Gasteiger partial charge in [-0.3, -0.25) is 4.79 Å². The Bertz CT molecular complexity index is 769. The largest absolute Gasteiger partial charge is 0.416 e. The van der Waals surface area contributed by atoms with Crippen molar-refractivity contribution in [2.75, 3.05) is 5.32 Å². The highest BCUT2D eigenvalue weighted by atomic mass is 19.4. The fourth-order valence-corrected chi connectivity index (χ4v) is 1.71. The molecule has 2 rings (SSSR count). The highest BCUT2D eigenvalue weighted by molar-refractivity contribution is 6.04. The number of hydrogen-bond donors (Lipinski definition) is 1. The number of nitrogens with one attached hydrogen (secondary N) is 1. The summed E-state index contributed by atoms with van der Waals surface area (Å²) in [6, 6.07) is 2.41. The molecule has 0 fully saturated rings. The van der Waals surface area contributed by atoms with Crippen LogP contribution in [-0.4, -0.2) is 5.91 Å². The first-order chi connectivity index (χ1) is 11.0. The van der Waals surface area contributed by atoms with Crippen molar-refractivity contribution in [3.05, 3.63) is 64.5 Å². The van der Waals surface area contributed by atoms with Gasteiger partial charge in [0.2, 0.25) is 5.82 Å². The number of halogens is 8. The zero-order chi connectivity index (χ0) is 18.2. The molecule has 24 heavy (non-hydrogen) atoms. The van der Waals surface area contributed by atoms with Gasteiger partial charge in [-0.05, 0) is 24.3 Å². The molecule has 0 unspecified atom stereocenters. The summed E-state index contributed by atoms with van der Waals surface area (Å²) in [5, 5.41) is 1.45. The minimum Gasteiger partial charge on any atom is -0.317 e. The first-order valence-electron chi connectivity index (χ1n) is 6.04. The van der Waals surface area contributed by atoms with E-state index in [0.717, 1.165) is 0 Å². The van der Waals surface area contributed by atoms with Gasteiger partial charge in [0, 0.05) is 5.56 Å². The second kappa shape index (κ2) is 6.10. The summed E-state index contributed by atoms with van der Waals surface area (Å²) < 4.78 is 103. The van der Waals surface area contributed by atoms with Crippen LogP contribution in [0, 0.1) is 29.1 Å². The topological polar surface area (TPSA) is 29.1 Å². The molecule has 0 aliphatic carbocycles. The van der Waals surface area contributed by atoms with Crippen molar-refractivity contribution >= 4 is 11.6 Å². The minimum atomic E-state index is -4.67. The summed E-state index contributed by atoms with van der Waals surface area (Å²) in [5.74, 6) is -12.8. The van der Waals surface area contributed by atoms with Crippen LogP contribution in [0.5, 0.6) is 0 Å². The molecule has 0 bridgehead atoms. The number of rotatable bonds is 2. The fourth-order valence-electron chi connectivity index (χ4n) is 1.71. The van der Waals surface area contributed by atoms with E-state index in [0.29, 0.717) is 24.3 Å². The van der Waals surface area contributed by atoms with Crippen molar-refractivity contribution in [2.24, 2.45) is 0 Å². The lowest BCUT2D eigenvalue weighted by Gasteiger charge is -2.11. The molecule has 0 spiro atoms. The summed E-state index contributed by atoms with van der Waals surface area (Å²) in [6.45, 7) is 0. The average Bonchev–Trinajstić information content (AvgIpc) is 2.54. The Hall–Kier alpha value is -2.65. The van der Waals surface area contributed by atoms with Gasteiger partial charge in [-0.15, -0.1) is 0 Å². The smallest absolute Gasteiger partial charge is 0.317 e. The molecule has 2 aromatic rings. The molecule has 128 valence electrons. The number of anilines is 1. The van der Waals surface area contributed by atoms with Crippen LogP contribution in [0.4, 0.5) is 40.8 Å². The zero-order valence-corrected chi connectivity index (χ0v) is 11.2. The zero-order valence-electron chi connectivity index (χ0n) is 11.2. The molecule has 2 nitrogen and oxygen atoms in total. The summed E-state index contributed by atoms with van der Waals surface area (Å²) in [4.78, 5) is 11.7. The van der Waals surface area contributed by atoms with E-state index in [4.69, 9.17) is 0 Å². The highest BCUT2D eigenvalue weighted by Gasteiger charge is 2.31. The quantitative estimate of drug-likeness (QED) is 0.474. The van der Waals surface area contributed by atoms with Gasteiger partial charge in [-0.2, -0.15) is 13.2 Å². The van der Waals surface area contributed by atoms with E-state index in [-0.39, 0.29) is 0 Å². The molecule has 0 radical (unpaired) electrons. The lowest BCUT2D eigenvalue weighted by Crippen LogP contribution is -2.17. The maximum atomic E-state index is 13.4. The van der Waals surface area contributed by atoms with E-state index < -0.39 is 58.0 Å². The van der Waals surface area contributed by atoms with E-state index in [1.165, 1.54) is 5.32 Å². The van der Waals surface area contributed by atoms with Gasteiger partial charge in [0.25, 0.3) is 5.91 Å². The SMILES string of the molecule is O=C(Nc1c(F)c(F)c(F)c(F)c1F)c1ccc(C(F)(F)F)cc1. The molecule has 0 aromatic heterocycles. The van der Waals surface area contributed by atoms with Gasteiger partial charge in [-0.25, -0.2) is 22.0 Å². The molecule has 0 atom stereocenters. The molecule has 0 saturated carbocycles. The normalized spacial score (nSPS) is 11.5. The first-order valence-corrected chi connectivity index (χ1v) is 6.04. The lowest BCUT2D eigenvalue weighted by atomic mass is 10.1. The van der Waals surface area contributed by atoms with E-state index >= 15 is 0 Å². The second-order valence-corrected chi connectivity index (χ2v) is 4.47. The number of carbonyl (C=O) groups is 1. The average molecular weight is 355 g/mol. The monoisotopic (exact) mass is 355 g/mol. The van der Waals surface area contributed by atoms with Crippen LogP contribution in [-0.2, 0) is 6.18 Å². The first kappa shape index (κ1) is 17.7. The van der Waals surface area contributed by atoms with Gasteiger partial charge in [0.15, 0.2) is 23.3 Å². The maximum Gasteiger partial charge on any atom is 0.416 e. The number of amides is 1. The Kier molecular flexibility index (Phi) is 4.50. The molecule has 0 heterocycles. The highest BCUT2D eigenvalue weighted by Crippen LogP contribution is 2.30. The second-order valence-electron chi connectivity index (χ2n) is 4.47. The van der Waals surface area contributed by atoms with E-state index in [1.807, 2.05) is 0 Å². The molecule has 1 N–H and O–H groups in total. The summed E-state index contributed by atoms with van der Waals surface area (Å²) in [5.41, 5.74) is -3.17. The van der Waals surface area contributed by atoms with Crippen molar-refractivity contribution in [1.82, 2.24) is 0 Å². The van der Waals surface area contributed by atoms with Crippen molar-refractivity contribution in [1.29, 1.82) is 0 Å². The molecular weight excluding hydrogens is 350 g/mol. The van der Waals surface area contributed by atoms with Crippen molar-refractivity contribution in [3.8, 4) is 0 Å². The molecule has 10 heteroatoms. The van der Waals surface area contributed by atoms with Crippen LogP contribution < -0.4 is 5.32 Å². The molecule has 0 saturated heterocycles. The van der Waals surface area contributed by atoms with Crippen LogP contribution in [0.3, 0.4) is 0 Å². The van der Waals surface area contributed by atoms with Crippen LogP contribution in [0.25, 0.3) is 0 Å². The Balaban J connectivity index is 2.34. The van der Waals surface area contributed by atoms with Crippen molar-refractivity contribution < 1.29 is 39.9 Å². The fraction of sp³-hybridized carbons (Fsp3) is 0.0714. The van der Waals surface area contributed by atoms with Crippen LogP contribution in [0.1, 0.15) is 15.9 Å². The molecular formula is C14H5F8NO. The van der Waals surface area contributed by atoms with Gasteiger partial charge in [0.05, 0.1) is 5.56 Å². The van der Waals surface area contributed by atoms with E-state index in [1.54, 1.807) is 0 Å². The van der Waals surface area contributed by atoms with Crippen LogP contribution in [0.2, 0.25) is 0 Å². The third kappa shape index (κ3) is 3.17. The predicted octanol–water partition coefficient (Wildman–Crippen LogP) is 4.65. The van der Waals surface area contributed by atoms with Crippen molar-refractivity contribution in [3.63, 3.8) is 0 Å². The Morgan fingerprint density at radius 3 is 1.58 bits per heavy atom. The molecule has 1 amide bonds. The summed E-state index contributed by atoms with van der Waals surface area (Å²) in [7, 11) is 0. The van der Waals surface area contributed by atoms with E-state index in [9.17, 15) is 39.9 Å². The molecule has 0 aliphatic heterocycles. The molecule has 0 aliphatic rings. The third-order valence-corrected chi connectivity index (χ3v) is 2.92. The van der Waals surface area contributed by atoms with Gasteiger partial charge in [0.1, 0.15) is 5.69 Å². The van der Waals surface area contributed by atoms with Crippen LogP contribution in [0.15, 0.2) is 24.3 Å².